The molecule has 0 spiro atoms. The number of ether oxygens (including phenoxy) is 1. The molecule has 3 rings (SSSR count). The van der Waals surface area contributed by atoms with Crippen LogP contribution >= 0.6 is 35.7 Å². The van der Waals surface area contributed by atoms with E-state index in [2.05, 4.69) is 47.6 Å². The number of likely N-dealkylation sites (tertiary alicyclic amines) is 1. The van der Waals surface area contributed by atoms with Gasteiger partial charge in [0.2, 0.25) is 0 Å². The molecular formula is C18H35IN4OS. The number of thioether (sulfide) groups is 1. The first-order chi connectivity index (χ1) is 11.5. The van der Waals surface area contributed by atoms with Gasteiger partial charge in [-0.05, 0) is 30.9 Å². The lowest BCUT2D eigenvalue weighted by atomic mass is 9.93. The SMILES string of the molecule is CCNC(=NCC1(N2CCOCC2)CCSC1)N1CCC(C)(C)C1.I. The van der Waals surface area contributed by atoms with Crippen molar-refractivity contribution >= 4 is 41.7 Å². The van der Waals surface area contributed by atoms with Crippen molar-refractivity contribution in [3.8, 4) is 0 Å². The second-order valence-electron chi connectivity index (χ2n) is 8.13. The quantitative estimate of drug-likeness (QED) is 0.379. The Balaban J connectivity index is 0.00000225. The Morgan fingerprint density at radius 1 is 1.20 bits per heavy atom. The molecular weight excluding hydrogens is 447 g/mol. The average Bonchev–Trinajstić information content (AvgIpc) is 3.20. The van der Waals surface area contributed by atoms with Crippen LogP contribution in [-0.2, 0) is 4.74 Å². The predicted octanol–water partition coefficient (Wildman–Crippen LogP) is 2.51. The first-order valence-corrected chi connectivity index (χ1v) is 10.6. The zero-order valence-electron chi connectivity index (χ0n) is 16.1. The molecule has 25 heavy (non-hydrogen) atoms. The second-order valence-corrected chi connectivity index (χ2v) is 9.24. The highest BCUT2D eigenvalue weighted by atomic mass is 127. The summed E-state index contributed by atoms with van der Waals surface area (Å²) in [5, 5.41) is 3.53. The van der Waals surface area contributed by atoms with Gasteiger partial charge in [-0.2, -0.15) is 11.8 Å². The summed E-state index contributed by atoms with van der Waals surface area (Å²) in [6.45, 7) is 14.8. The maximum absolute atomic E-state index is 5.57. The van der Waals surface area contributed by atoms with Gasteiger partial charge in [-0.15, -0.1) is 24.0 Å². The van der Waals surface area contributed by atoms with Crippen LogP contribution < -0.4 is 5.32 Å². The molecule has 0 saturated carbocycles. The van der Waals surface area contributed by atoms with E-state index in [0.717, 1.165) is 58.4 Å². The van der Waals surface area contributed by atoms with Crippen molar-refractivity contribution in [3.05, 3.63) is 0 Å². The number of hydrogen-bond donors (Lipinski definition) is 1. The maximum atomic E-state index is 5.57. The van der Waals surface area contributed by atoms with Crippen LogP contribution in [0.4, 0.5) is 0 Å². The average molecular weight is 482 g/mol. The molecule has 1 atom stereocenters. The van der Waals surface area contributed by atoms with Crippen molar-refractivity contribution in [1.82, 2.24) is 15.1 Å². The molecule has 0 radical (unpaired) electrons. The van der Waals surface area contributed by atoms with Crippen LogP contribution in [0.25, 0.3) is 0 Å². The van der Waals surface area contributed by atoms with Gasteiger partial charge < -0.3 is 15.0 Å². The molecule has 0 amide bonds. The Bertz CT molecular complexity index is 448. The second kappa shape index (κ2) is 9.46. The minimum atomic E-state index is 0. The molecule has 0 aromatic rings. The van der Waals surface area contributed by atoms with E-state index in [1.54, 1.807) is 0 Å². The highest BCUT2D eigenvalue weighted by molar-refractivity contribution is 14.0. The molecule has 3 saturated heterocycles. The highest BCUT2D eigenvalue weighted by Crippen LogP contribution is 2.35. The number of morpholine rings is 1. The Morgan fingerprint density at radius 3 is 2.52 bits per heavy atom. The molecule has 7 heteroatoms. The fraction of sp³-hybridized carbons (Fsp3) is 0.944. The molecule has 0 aromatic carbocycles. The predicted molar refractivity (Wildman–Crippen MR) is 118 cm³/mol. The first kappa shape index (κ1) is 21.6. The molecule has 146 valence electrons. The van der Waals surface area contributed by atoms with Crippen LogP contribution in [-0.4, -0.2) is 85.3 Å². The summed E-state index contributed by atoms with van der Waals surface area (Å²) in [5.41, 5.74) is 0.645. The van der Waals surface area contributed by atoms with Gasteiger partial charge in [0.05, 0.1) is 25.3 Å². The Hall–Kier alpha value is 0.270. The van der Waals surface area contributed by atoms with Crippen molar-refractivity contribution in [2.45, 2.75) is 39.2 Å². The number of hydrogen-bond acceptors (Lipinski definition) is 4. The molecule has 3 fully saturated rings. The van der Waals surface area contributed by atoms with Crippen molar-refractivity contribution in [2.24, 2.45) is 10.4 Å². The fourth-order valence-electron chi connectivity index (χ4n) is 4.05. The van der Waals surface area contributed by atoms with Gasteiger partial charge >= 0.3 is 0 Å². The largest absolute Gasteiger partial charge is 0.379 e. The van der Waals surface area contributed by atoms with E-state index in [1.165, 1.54) is 24.3 Å². The van der Waals surface area contributed by atoms with Gasteiger partial charge in [0, 0.05) is 38.5 Å². The molecule has 3 aliphatic heterocycles. The van der Waals surface area contributed by atoms with Crippen LogP contribution in [0.15, 0.2) is 4.99 Å². The number of guanidine groups is 1. The first-order valence-electron chi connectivity index (χ1n) is 9.49. The summed E-state index contributed by atoms with van der Waals surface area (Å²) in [4.78, 5) is 10.2. The van der Waals surface area contributed by atoms with Crippen molar-refractivity contribution in [2.75, 3.05) is 64.0 Å². The van der Waals surface area contributed by atoms with E-state index in [9.17, 15) is 0 Å². The number of nitrogens with one attached hydrogen (secondary N) is 1. The zero-order valence-corrected chi connectivity index (χ0v) is 19.2. The van der Waals surface area contributed by atoms with Crippen LogP contribution in [0.5, 0.6) is 0 Å². The molecule has 0 bridgehead atoms. The fourth-order valence-corrected chi connectivity index (χ4v) is 5.52. The minimum absolute atomic E-state index is 0. The zero-order chi connectivity index (χ0) is 17.0. The van der Waals surface area contributed by atoms with Gasteiger partial charge in [-0.1, -0.05) is 13.8 Å². The standard InChI is InChI=1S/C18H34N4OS.HI/c1-4-19-16(21-7-5-17(2,3)14-21)20-13-18(6-12-24-15-18)22-8-10-23-11-9-22;/h4-15H2,1-3H3,(H,19,20);1H. The molecule has 3 aliphatic rings. The van der Waals surface area contributed by atoms with E-state index in [-0.39, 0.29) is 29.5 Å². The van der Waals surface area contributed by atoms with Crippen LogP contribution in [0.3, 0.4) is 0 Å². The van der Waals surface area contributed by atoms with Gasteiger partial charge in [0.25, 0.3) is 0 Å². The normalized spacial score (nSPS) is 30.4. The number of nitrogens with zero attached hydrogens (tertiary/aromatic N) is 3. The summed E-state index contributed by atoms with van der Waals surface area (Å²) >= 11 is 2.09. The van der Waals surface area contributed by atoms with Crippen LogP contribution in [0, 0.1) is 5.41 Å². The molecule has 1 N–H and O–H groups in total. The Kier molecular flexibility index (Phi) is 8.16. The third-order valence-corrected chi connectivity index (χ3v) is 6.83. The van der Waals surface area contributed by atoms with Gasteiger partial charge in [0.15, 0.2) is 5.96 Å². The molecule has 5 nitrogen and oxygen atoms in total. The van der Waals surface area contributed by atoms with E-state index in [1.807, 2.05) is 0 Å². The summed E-state index contributed by atoms with van der Waals surface area (Å²) in [6, 6.07) is 0. The topological polar surface area (TPSA) is 40.1 Å². The molecule has 0 aromatic heterocycles. The maximum Gasteiger partial charge on any atom is 0.193 e. The van der Waals surface area contributed by atoms with Crippen molar-refractivity contribution in [1.29, 1.82) is 0 Å². The lowest BCUT2D eigenvalue weighted by Gasteiger charge is -2.42. The molecule has 1 unspecified atom stereocenters. The van der Waals surface area contributed by atoms with Crippen molar-refractivity contribution in [3.63, 3.8) is 0 Å². The number of halogens is 1. The monoisotopic (exact) mass is 482 g/mol. The lowest BCUT2D eigenvalue weighted by molar-refractivity contribution is -0.0105. The van der Waals surface area contributed by atoms with E-state index in [0.29, 0.717) is 5.41 Å². The number of rotatable bonds is 4. The third-order valence-electron chi connectivity index (χ3n) is 5.60. The van der Waals surface area contributed by atoms with Crippen LogP contribution in [0.2, 0.25) is 0 Å². The summed E-state index contributed by atoms with van der Waals surface area (Å²) in [6.07, 6.45) is 2.51. The van der Waals surface area contributed by atoms with E-state index < -0.39 is 0 Å². The summed E-state index contributed by atoms with van der Waals surface area (Å²) in [7, 11) is 0. The van der Waals surface area contributed by atoms with E-state index in [4.69, 9.17) is 9.73 Å². The molecule has 0 aliphatic carbocycles. The van der Waals surface area contributed by atoms with Gasteiger partial charge in [-0.3, -0.25) is 9.89 Å². The Labute approximate surface area is 174 Å². The smallest absolute Gasteiger partial charge is 0.193 e. The van der Waals surface area contributed by atoms with Crippen LogP contribution in [0.1, 0.15) is 33.6 Å². The lowest BCUT2D eigenvalue weighted by Crippen LogP contribution is -2.56. The minimum Gasteiger partial charge on any atom is -0.379 e. The Morgan fingerprint density at radius 2 is 1.96 bits per heavy atom. The van der Waals surface area contributed by atoms with E-state index >= 15 is 0 Å². The number of aliphatic imine (C=N–C) groups is 1. The van der Waals surface area contributed by atoms with Crippen molar-refractivity contribution < 1.29 is 4.74 Å². The highest BCUT2D eigenvalue weighted by Gasteiger charge is 2.41. The summed E-state index contributed by atoms with van der Waals surface area (Å²) in [5.74, 6) is 3.59. The third kappa shape index (κ3) is 5.39. The molecule has 3 heterocycles. The summed E-state index contributed by atoms with van der Waals surface area (Å²) < 4.78 is 5.57. The van der Waals surface area contributed by atoms with Gasteiger partial charge in [0.1, 0.15) is 0 Å². The van der Waals surface area contributed by atoms with Gasteiger partial charge in [-0.25, -0.2) is 0 Å².